The molecule has 5 aromatic rings. The van der Waals surface area contributed by atoms with E-state index in [0.717, 1.165) is 11.1 Å². The Kier molecular flexibility index (Phi) is 8.80. The van der Waals surface area contributed by atoms with Crippen LogP contribution in [0.3, 0.4) is 0 Å². The molecule has 0 amide bonds. The number of aliphatic hydroxyl groups is 2. The molecule has 0 spiro atoms. The van der Waals surface area contributed by atoms with Gasteiger partial charge >= 0.3 is 0 Å². The molecule has 0 fully saturated rings. The molecule has 6 rings (SSSR count). The highest BCUT2D eigenvalue weighted by Crippen LogP contribution is 2.56. The zero-order valence-corrected chi connectivity index (χ0v) is 25.9. The molecule has 0 bridgehead atoms. The van der Waals surface area contributed by atoms with Crippen molar-refractivity contribution in [2.24, 2.45) is 0 Å². The molecule has 2 atom stereocenters. The smallest absolute Gasteiger partial charge is 0.259 e. The minimum absolute atomic E-state index is 0.318. The Morgan fingerprint density at radius 2 is 0.723 bits per heavy atom. The summed E-state index contributed by atoms with van der Waals surface area (Å²) in [5.41, 5.74) is 0.652. The Morgan fingerprint density at radius 1 is 0.404 bits per heavy atom. The van der Waals surface area contributed by atoms with E-state index in [1.54, 1.807) is 24.3 Å². The van der Waals surface area contributed by atoms with Gasteiger partial charge in [-0.15, -0.1) is 0 Å². The first-order chi connectivity index (χ1) is 22.9. The van der Waals surface area contributed by atoms with Crippen molar-refractivity contribution in [2.75, 3.05) is 14.2 Å². The predicted octanol–water partition coefficient (Wildman–Crippen LogP) is 5.97. The number of hydrogen-bond acceptors (Lipinski definition) is 4. The Labute approximate surface area is 275 Å². The second-order valence-electron chi connectivity index (χ2n) is 10.8. The van der Waals surface area contributed by atoms with Gasteiger partial charge < -0.3 is 19.7 Å². The Hall–Kier alpha value is -5.82. The zero-order chi connectivity index (χ0) is 32.7. The molecule has 4 nitrogen and oxygen atoms in total. The van der Waals surface area contributed by atoms with E-state index < -0.39 is 17.0 Å². The van der Waals surface area contributed by atoms with Gasteiger partial charge in [-0.3, -0.25) is 0 Å². The summed E-state index contributed by atoms with van der Waals surface area (Å²) in [6.07, 6.45) is 0. The van der Waals surface area contributed by atoms with Crippen LogP contribution in [0.5, 0.6) is 0 Å². The van der Waals surface area contributed by atoms with Gasteiger partial charge in [-0.05, 0) is 48.5 Å². The van der Waals surface area contributed by atoms with Crippen molar-refractivity contribution >= 4 is 0 Å². The summed E-state index contributed by atoms with van der Waals surface area (Å²) in [7, 11) is 2.71. The molecule has 1 aliphatic rings. The summed E-state index contributed by atoms with van der Waals surface area (Å²) in [5, 5.41) is 25.0. The molecule has 47 heavy (non-hydrogen) atoms. The third-order valence-electron chi connectivity index (χ3n) is 8.08. The highest BCUT2D eigenvalue weighted by Gasteiger charge is 2.72. The number of hydrogen-bond donors (Lipinski definition) is 2. The standard InChI is InChI=1S/C43H30O4/c1-46-43(47-2)41(44,31-29-37-21-11-9-19-35(37)27-25-33-15-5-3-6-16-33)39-23-13-14-24-40(39)42(43,45)32-30-38-22-12-10-20-36(38)28-26-34-17-7-4-8-18-34/h3-24,44-45H,1-2H3/t41-,42-/m0/s1. The summed E-state index contributed by atoms with van der Waals surface area (Å²) in [6.45, 7) is 0. The molecule has 0 unspecified atom stereocenters. The summed E-state index contributed by atoms with van der Waals surface area (Å²) in [5.74, 6) is 22.8. The molecule has 0 aromatic heterocycles. The largest absolute Gasteiger partial charge is 0.369 e. The normalized spacial score (nSPS) is 18.5. The van der Waals surface area contributed by atoms with Gasteiger partial charge in [0, 0.05) is 58.7 Å². The van der Waals surface area contributed by atoms with Crippen molar-refractivity contribution in [3.63, 3.8) is 0 Å². The lowest BCUT2D eigenvalue weighted by Crippen LogP contribution is -2.61. The monoisotopic (exact) mass is 610 g/mol. The Balaban J connectivity index is 1.46. The summed E-state index contributed by atoms with van der Waals surface area (Å²) >= 11 is 0. The van der Waals surface area contributed by atoms with Gasteiger partial charge in [0.2, 0.25) is 11.2 Å². The molecule has 0 saturated heterocycles. The maximum absolute atomic E-state index is 12.5. The van der Waals surface area contributed by atoms with Crippen LogP contribution in [0.2, 0.25) is 0 Å². The maximum Gasteiger partial charge on any atom is 0.259 e. The first-order valence-electron chi connectivity index (χ1n) is 15.0. The van der Waals surface area contributed by atoms with Crippen LogP contribution in [0.1, 0.15) is 44.5 Å². The number of benzene rings is 5. The minimum Gasteiger partial charge on any atom is -0.369 e. The number of ether oxygens (including phenoxy) is 2. The van der Waals surface area contributed by atoms with Gasteiger partial charge in [-0.2, -0.15) is 0 Å². The molecule has 0 heterocycles. The second kappa shape index (κ2) is 13.3. The third-order valence-corrected chi connectivity index (χ3v) is 8.08. The van der Waals surface area contributed by atoms with E-state index in [-0.39, 0.29) is 0 Å². The van der Waals surface area contributed by atoms with Crippen LogP contribution in [0.25, 0.3) is 0 Å². The number of rotatable bonds is 2. The number of methoxy groups -OCH3 is 2. The average molecular weight is 611 g/mol. The van der Waals surface area contributed by atoms with Crippen molar-refractivity contribution in [1.29, 1.82) is 0 Å². The first-order valence-corrected chi connectivity index (χ1v) is 15.0. The molecule has 4 heteroatoms. The Morgan fingerprint density at radius 3 is 1.09 bits per heavy atom. The van der Waals surface area contributed by atoms with Crippen LogP contribution in [-0.4, -0.2) is 30.2 Å². The van der Waals surface area contributed by atoms with Crippen LogP contribution in [0.15, 0.2) is 133 Å². The highest BCUT2D eigenvalue weighted by molar-refractivity contribution is 5.61. The molecule has 2 N–H and O–H groups in total. The lowest BCUT2D eigenvalue weighted by atomic mass is 9.85. The van der Waals surface area contributed by atoms with Crippen molar-refractivity contribution in [2.45, 2.75) is 17.0 Å². The van der Waals surface area contributed by atoms with Crippen molar-refractivity contribution in [1.82, 2.24) is 0 Å². The summed E-state index contributed by atoms with van der Waals surface area (Å²) < 4.78 is 11.9. The molecular formula is C43H30O4. The fourth-order valence-electron chi connectivity index (χ4n) is 5.74. The van der Waals surface area contributed by atoms with E-state index in [9.17, 15) is 10.2 Å². The van der Waals surface area contributed by atoms with Crippen molar-refractivity contribution in [3.05, 3.63) is 178 Å². The first kappa shape index (κ1) is 31.2. The molecule has 0 saturated carbocycles. The van der Waals surface area contributed by atoms with Gasteiger partial charge in [0.1, 0.15) is 0 Å². The predicted molar refractivity (Wildman–Crippen MR) is 182 cm³/mol. The lowest BCUT2D eigenvalue weighted by Gasteiger charge is -2.42. The summed E-state index contributed by atoms with van der Waals surface area (Å²) in [4.78, 5) is 0. The fraction of sp³-hybridized carbons (Fsp3) is 0.116. The van der Waals surface area contributed by atoms with E-state index in [4.69, 9.17) is 9.47 Å². The molecule has 0 radical (unpaired) electrons. The van der Waals surface area contributed by atoms with Crippen LogP contribution in [0, 0.1) is 47.4 Å². The minimum atomic E-state index is -2.14. The Bertz CT molecular complexity index is 2020. The van der Waals surface area contributed by atoms with Crippen LogP contribution < -0.4 is 0 Å². The van der Waals surface area contributed by atoms with Gasteiger partial charge in [0.25, 0.3) is 5.79 Å². The van der Waals surface area contributed by atoms with E-state index in [1.807, 2.05) is 109 Å². The van der Waals surface area contributed by atoms with Gasteiger partial charge in [0.15, 0.2) is 0 Å². The van der Waals surface area contributed by atoms with Crippen LogP contribution in [-0.2, 0) is 20.7 Å². The van der Waals surface area contributed by atoms with Crippen molar-refractivity contribution < 1.29 is 19.7 Å². The third kappa shape index (κ3) is 5.72. The molecule has 1 aliphatic carbocycles. The van der Waals surface area contributed by atoms with Crippen LogP contribution >= 0.6 is 0 Å². The topological polar surface area (TPSA) is 58.9 Å². The molecule has 0 aliphatic heterocycles. The quantitative estimate of drug-likeness (QED) is 0.191. The molecule has 5 aromatic carbocycles. The lowest BCUT2D eigenvalue weighted by molar-refractivity contribution is -0.339. The highest BCUT2D eigenvalue weighted by atomic mass is 16.7. The fourth-order valence-corrected chi connectivity index (χ4v) is 5.74. The van der Waals surface area contributed by atoms with Crippen molar-refractivity contribution in [3.8, 4) is 47.4 Å². The maximum atomic E-state index is 12.5. The SMILES string of the molecule is COC1(OC)[C@](O)(C#Cc2ccccc2C#Cc2ccccc2)c2ccccc2[C@@]1(O)C#Cc1ccccc1C#Cc1ccccc1. The summed E-state index contributed by atoms with van der Waals surface area (Å²) in [6, 6.07) is 41.1. The number of fused-ring (bicyclic) bond motifs is 1. The average Bonchev–Trinajstić information content (AvgIpc) is 3.29. The molecular weight excluding hydrogens is 580 g/mol. The zero-order valence-electron chi connectivity index (χ0n) is 25.9. The second-order valence-corrected chi connectivity index (χ2v) is 10.8. The van der Waals surface area contributed by atoms with E-state index in [1.165, 1.54) is 14.2 Å². The molecule has 226 valence electrons. The van der Waals surface area contributed by atoms with E-state index in [0.29, 0.717) is 33.4 Å². The van der Waals surface area contributed by atoms with Gasteiger partial charge in [0.05, 0.1) is 0 Å². The van der Waals surface area contributed by atoms with E-state index in [2.05, 4.69) is 47.4 Å². The van der Waals surface area contributed by atoms with Crippen LogP contribution in [0.4, 0.5) is 0 Å². The van der Waals surface area contributed by atoms with Gasteiger partial charge in [-0.1, -0.05) is 132 Å². The van der Waals surface area contributed by atoms with E-state index >= 15 is 0 Å². The van der Waals surface area contributed by atoms with Gasteiger partial charge in [-0.25, -0.2) is 0 Å².